The maximum Gasteiger partial charge on any atom is 0.376 e. The molecule has 86 valence electrons. The Labute approximate surface area is 93.5 Å². The van der Waals surface area contributed by atoms with E-state index < -0.39 is 11.7 Å². The van der Waals surface area contributed by atoms with Crippen LogP contribution < -0.4 is 0 Å². The molecule has 16 heavy (non-hydrogen) atoms. The predicted octanol–water partition coefficient (Wildman–Crippen LogP) is 2.58. The van der Waals surface area contributed by atoms with Crippen molar-refractivity contribution in [1.29, 1.82) is 0 Å². The van der Waals surface area contributed by atoms with Gasteiger partial charge in [0.1, 0.15) is 12.9 Å². The molecule has 0 saturated carbocycles. The smallest absolute Gasteiger partial charge is 0.376 e. The van der Waals surface area contributed by atoms with Crippen LogP contribution in [0.3, 0.4) is 0 Å². The van der Waals surface area contributed by atoms with Crippen molar-refractivity contribution in [1.82, 2.24) is 0 Å². The van der Waals surface area contributed by atoms with Crippen LogP contribution in [0, 0.1) is 0 Å². The lowest BCUT2D eigenvalue weighted by molar-refractivity contribution is -0.143. The first-order valence-corrected chi connectivity index (χ1v) is 4.92. The summed E-state index contributed by atoms with van der Waals surface area (Å²) in [5.74, 6) is -1.20. The molecule has 0 unspecified atom stereocenters. The second-order valence-electron chi connectivity index (χ2n) is 2.97. The molecule has 0 aromatic heterocycles. The normalized spacial score (nSPS) is 11.0. The van der Waals surface area contributed by atoms with Gasteiger partial charge in [-0.05, 0) is 12.5 Å². The van der Waals surface area contributed by atoms with Crippen LogP contribution >= 0.6 is 0 Å². The van der Waals surface area contributed by atoms with Gasteiger partial charge in [-0.1, -0.05) is 30.3 Å². The Hall–Kier alpha value is -1.84. The molecule has 0 heterocycles. The minimum Gasteiger partial charge on any atom is -0.480 e. The molecule has 0 radical (unpaired) electrons. The molecule has 1 aromatic carbocycles. The largest absolute Gasteiger partial charge is 0.480 e. The van der Waals surface area contributed by atoms with Gasteiger partial charge >= 0.3 is 5.97 Å². The van der Waals surface area contributed by atoms with Crippen molar-refractivity contribution in [3.8, 4) is 0 Å². The summed E-state index contributed by atoms with van der Waals surface area (Å²) < 4.78 is 22.0. The third kappa shape index (κ3) is 3.73. The molecule has 1 rings (SSSR count). The first-order chi connectivity index (χ1) is 7.77. The molecule has 0 aliphatic carbocycles. The predicted molar refractivity (Wildman–Crippen MR) is 57.1 cm³/mol. The number of halogens is 1. The summed E-state index contributed by atoms with van der Waals surface area (Å²) in [4.78, 5) is 11.1. The SMILES string of the molecule is CCOC(=O)/C(=C/F)OCc1ccccc1. The van der Waals surface area contributed by atoms with Crippen molar-refractivity contribution in [3.05, 3.63) is 48.0 Å². The Balaban J connectivity index is 2.50. The summed E-state index contributed by atoms with van der Waals surface area (Å²) in [6.07, 6.45) is 0.112. The van der Waals surface area contributed by atoms with Gasteiger partial charge < -0.3 is 9.47 Å². The second-order valence-corrected chi connectivity index (χ2v) is 2.97. The van der Waals surface area contributed by atoms with Crippen LogP contribution in [-0.2, 0) is 20.9 Å². The highest BCUT2D eigenvalue weighted by Gasteiger charge is 2.12. The number of rotatable bonds is 5. The minimum atomic E-state index is -0.791. The van der Waals surface area contributed by atoms with Gasteiger partial charge in [0.05, 0.1) is 6.61 Å². The molecule has 0 spiro atoms. The van der Waals surface area contributed by atoms with Crippen LogP contribution in [-0.4, -0.2) is 12.6 Å². The molecule has 0 fully saturated rings. The number of ether oxygens (including phenoxy) is 2. The van der Waals surface area contributed by atoms with Crippen molar-refractivity contribution < 1.29 is 18.7 Å². The van der Waals surface area contributed by atoms with Crippen LogP contribution in [0.15, 0.2) is 42.4 Å². The number of carbonyl (C=O) groups is 1. The minimum absolute atomic E-state index is 0.112. The third-order valence-electron chi connectivity index (χ3n) is 1.81. The van der Waals surface area contributed by atoms with E-state index >= 15 is 0 Å². The summed E-state index contributed by atoms with van der Waals surface area (Å²) in [5.41, 5.74) is 0.853. The van der Waals surface area contributed by atoms with Gasteiger partial charge in [0.25, 0.3) is 0 Å². The molecule has 0 bridgehead atoms. The van der Waals surface area contributed by atoms with Gasteiger partial charge in [0, 0.05) is 0 Å². The Morgan fingerprint density at radius 2 is 2.00 bits per heavy atom. The number of hydrogen-bond donors (Lipinski definition) is 0. The molecule has 0 atom stereocenters. The van der Waals surface area contributed by atoms with E-state index in [1.165, 1.54) is 0 Å². The van der Waals surface area contributed by atoms with E-state index in [1.54, 1.807) is 6.92 Å². The maximum atomic E-state index is 12.3. The van der Waals surface area contributed by atoms with E-state index in [0.717, 1.165) is 5.56 Å². The fourth-order valence-corrected chi connectivity index (χ4v) is 1.07. The second kappa shape index (κ2) is 6.61. The summed E-state index contributed by atoms with van der Waals surface area (Å²) in [7, 11) is 0. The lowest BCUT2D eigenvalue weighted by Gasteiger charge is -2.07. The fourth-order valence-electron chi connectivity index (χ4n) is 1.07. The van der Waals surface area contributed by atoms with E-state index in [9.17, 15) is 9.18 Å². The summed E-state index contributed by atoms with van der Waals surface area (Å²) >= 11 is 0. The number of benzene rings is 1. The molecular weight excluding hydrogens is 211 g/mol. The zero-order valence-corrected chi connectivity index (χ0v) is 8.98. The molecule has 1 aromatic rings. The van der Waals surface area contributed by atoms with Crippen LogP contribution in [0.2, 0.25) is 0 Å². The lowest BCUT2D eigenvalue weighted by Crippen LogP contribution is -2.10. The Bertz CT molecular complexity index is 360. The molecule has 3 nitrogen and oxygen atoms in total. The van der Waals surface area contributed by atoms with E-state index in [1.807, 2.05) is 30.3 Å². The van der Waals surface area contributed by atoms with Crippen LogP contribution in [0.1, 0.15) is 12.5 Å². The highest BCUT2D eigenvalue weighted by Crippen LogP contribution is 2.07. The average Bonchev–Trinajstić information content (AvgIpc) is 2.31. The molecule has 0 N–H and O–H groups in total. The standard InChI is InChI=1S/C12H13FO3/c1-2-15-12(14)11(8-13)16-9-10-6-4-3-5-7-10/h3-8H,2,9H2,1H3/b11-8-. The van der Waals surface area contributed by atoms with Crippen molar-refractivity contribution >= 4 is 5.97 Å². The zero-order valence-electron chi connectivity index (χ0n) is 8.98. The Morgan fingerprint density at radius 3 is 2.56 bits per heavy atom. The van der Waals surface area contributed by atoms with Gasteiger partial charge in [0.2, 0.25) is 5.76 Å². The Morgan fingerprint density at radius 1 is 1.31 bits per heavy atom. The van der Waals surface area contributed by atoms with Crippen molar-refractivity contribution in [2.24, 2.45) is 0 Å². The number of esters is 1. The van der Waals surface area contributed by atoms with E-state index in [0.29, 0.717) is 0 Å². The molecular formula is C12H13FO3. The van der Waals surface area contributed by atoms with E-state index in [4.69, 9.17) is 4.74 Å². The molecule has 4 heteroatoms. The first-order valence-electron chi connectivity index (χ1n) is 4.92. The van der Waals surface area contributed by atoms with Crippen molar-refractivity contribution in [2.45, 2.75) is 13.5 Å². The van der Waals surface area contributed by atoms with E-state index in [-0.39, 0.29) is 19.5 Å². The molecule has 0 aliphatic heterocycles. The lowest BCUT2D eigenvalue weighted by atomic mass is 10.2. The van der Waals surface area contributed by atoms with Gasteiger partial charge in [-0.25, -0.2) is 9.18 Å². The fraction of sp³-hybridized carbons (Fsp3) is 0.250. The molecule has 0 saturated heterocycles. The first kappa shape index (κ1) is 12.2. The highest BCUT2D eigenvalue weighted by atomic mass is 19.1. The van der Waals surface area contributed by atoms with Crippen molar-refractivity contribution in [3.63, 3.8) is 0 Å². The maximum absolute atomic E-state index is 12.3. The van der Waals surface area contributed by atoms with Crippen molar-refractivity contribution in [2.75, 3.05) is 6.61 Å². The van der Waals surface area contributed by atoms with Crippen LogP contribution in [0.5, 0.6) is 0 Å². The Kier molecular flexibility index (Phi) is 5.05. The van der Waals surface area contributed by atoms with Crippen LogP contribution in [0.25, 0.3) is 0 Å². The topological polar surface area (TPSA) is 35.5 Å². The average molecular weight is 224 g/mol. The highest BCUT2D eigenvalue weighted by molar-refractivity contribution is 5.85. The summed E-state index contributed by atoms with van der Waals surface area (Å²) in [6.45, 7) is 1.96. The monoisotopic (exact) mass is 224 g/mol. The van der Waals surface area contributed by atoms with Gasteiger partial charge in [-0.15, -0.1) is 0 Å². The van der Waals surface area contributed by atoms with Gasteiger partial charge in [-0.2, -0.15) is 0 Å². The van der Waals surface area contributed by atoms with E-state index in [2.05, 4.69) is 4.74 Å². The number of hydrogen-bond acceptors (Lipinski definition) is 3. The summed E-state index contributed by atoms with van der Waals surface area (Å²) in [5, 5.41) is 0. The zero-order chi connectivity index (χ0) is 11.8. The van der Waals surface area contributed by atoms with Gasteiger partial charge in [-0.3, -0.25) is 0 Å². The summed E-state index contributed by atoms with van der Waals surface area (Å²) in [6, 6.07) is 9.17. The van der Waals surface area contributed by atoms with Gasteiger partial charge in [0.15, 0.2) is 0 Å². The number of carbonyl (C=O) groups excluding carboxylic acids is 1. The quantitative estimate of drug-likeness (QED) is 0.438. The molecule has 0 aliphatic rings. The molecule has 0 amide bonds. The third-order valence-corrected chi connectivity index (χ3v) is 1.81. The van der Waals surface area contributed by atoms with Crippen LogP contribution in [0.4, 0.5) is 4.39 Å².